The molecule has 7 heteroatoms. The zero-order valence-electron chi connectivity index (χ0n) is 15.8. The van der Waals surface area contributed by atoms with Crippen molar-refractivity contribution >= 4 is 34.0 Å². The van der Waals surface area contributed by atoms with Crippen LogP contribution in [0.2, 0.25) is 0 Å². The van der Waals surface area contributed by atoms with Crippen LogP contribution in [0.4, 0.5) is 10.8 Å². The van der Waals surface area contributed by atoms with E-state index in [1.54, 1.807) is 0 Å². The van der Waals surface area contributed by atoms with E-state index in [1.807, 2.05) is 50.8 Å². The maximum absolute atomic E-state index is 12.5. The average Bonchev–Trinajstić information content (AvgIpc) is 3.16. The standard InChI is InChI=1S/C19H24N4O2S/c1-11-6-7-14(8-12(11)2)23-10-13(9-15(23)24)16-21-22-18(26-16)20-17(25)19(3,4)5/h6-8,13H,9-10H2,1-5H3,(H,20,22,25)/t13-/m0/s1. The number of nitrogens with one attached hydrogen (secondary N) is 1. The van der Waals surface area contributed by atoms with E-state index in [0.29, 0.717) is 18.1 Å². The summed E-state index contributed by atoms with van der Waals surface area (Å²) in [5.74, 6) is -0.00455. The smallest absolute Gasteiger partial charge is 0.231 e. The molecule has 1 aliphatic heterocycles. The number of benzene rings is 1. The number of carbonyl (C=O) groups excluding carboxylic acids is 2. The minimum Gasteiger partial charge on any atom is -0.312 e. The van der Waals surface area contributed by atoms with Gasteiger partial charge in [0.15, 0.2) is 0 Å². The van der Waals surface area contributed by atoms with Crippen LogP contribution in [0.3, 0.4) is 0 Å². The third kappa shape index (κ3) is 3.77. The first kappa shape index (κ1) is 18.5. The van der Waals surface area contributed by atoms with E-state index in [1.165, 1.54) is 22.5 Å². The lowest BCUT2D eigenvalue weighted by Crippen LogP contribution is -2.27. The molecule has 1 aromatic carbocycles. The van der Waals surface area contributed by atoms with Gasteiger partial charge in [0.1, 0.15) is 5.01 Å². The van der Waals surface area contributed by atoms with E-state index in [0.717, 1.165) is 10.7 Å². The highest BCUT2D eigenvalue weighted by molar-refractivity contribution is 7.15. The fourth-order valence-corrected chi connectivity index (χ4v) is 3.58. The molecule has 3 rings (SSSR count). The predicted molar refractivity (Wildman–Crippen MR) is 104 cm³/mol. The number of rotatable bonds is 3. The van der Waals surface area contributed by atoms with Gasteiger partial charge in [-0.15, -0.1) is 10.2 Å². The summed E-state index contributed by atoms with van der Waals surface area (Å²) < 4.78 is 0. The zero-order chi connectivity index (χ0) is 19.1. The Hall–Kier alpha value is -2.28. The lowest BCUT2D eigenvalue weighted by molar-refractivity contribution is -0.123. The lowest BCUT2D eigenvalue weighted by atomic mass is 9.96. The number of hydrogen-bond donors (Lipinski definition) is 1. The highest BCUT2D eigenvalue weighted by Crippen LogP contribution is 2.35. The van der Waals surface area contributed by atoms with Crippen molar-refractivity contribution in [3.8, 4) is 0 Å². The largest absolute Gasteiger partial charge is 0.312 e. The number of hydrogen-bond acceptors (Lipinski definition) is 5. The molecular weight excluding hydrogens is 348 g/mol. The molecule has 0 aliphatic carbocycles. The molecule has 1 saturated heterocycles. The molecule has 2 aromatic rings. The second-order valence-electron chi connectivity index (χ2n) is 7.82. The molecule has 1 N–H and O–H groups in total. The Bertz CT molecular complexity index is 853. The van der Waals surface area contributed by atoms with Gasteiger partial charge in [-0.05, 0) is 37.1 Å². The quantitative estimate of drug-likeness (QED) is 0.892. The SMILES string of the molecule is Cc1ccc(N2C[C@@H](c3nnc(NC(=O)C(C)(C)C)s3)CC2=O)cc1C. The molecule has 6 nitrogen and oxygen atoms in total. The van der Waals surface area contributed by atoms with Gasteiger partial charge < -0.3 is 10.2 Å². The second kappa shape index (κ2) is 6.79. The summed E-state index contributed by atoms with van der Waals surface area (Å²) in [4.78, 5) is 26.4. The van der Waals surface area contributed by atoms with Crippen LogP contribution in [0, 0.1) is 19.3 Å². The Kier molecular flexibility index (Phi) is 4.84. The molecule has 0 radical (unpaired) electrons. The molecule has 2 heterocycles. The Morgan fingerprint density at radius 2 is 1.96 bits per heavy atom. The number of aryl methyl sites for hydroxylation is 2. The molecule has 1 atom stereocenters. The van der Waals surface area contributed by atoms with Crippen molar-refractivity contribution in [2.45, 2.75) is 47.0 Å². The van der Waals surface area contributed by atoms with Crippen LogP contribution in [0.25, 0.3) is 0 Å². The lowest BCUT2D eigenvalue weighted by Gasteiger charge is -2.17. The van der Waals surface area contributed by atoms with Crippen LogP contribution in [0.15, 0.2) is 18.2 Å². The second-order valence-corrected chi connectivity index (χ2v) is 8.83. The molecule has 0 spiro atoms. The van der Waals surface area contributed by atoms with Crippen molar-refractivity contribution in [3.05, 3.63) is 34.3 Å². The summed E-state index contributed by atoms with van der Waals surface area (Å²) >= 11 is 1.35. The molecule has 1 aliphatic rings. The third-order valence-electron chi connectivity index (χ3n) is 4.62. The Morgan fingerprint density at radius 3 is 2.62 bits per heavy atom. The van der Waals surface area contributed by atoms with E-state index in [2.05, 4.69) is 22.4 Å². The summed E-state index contributed by atoms with van der Waals surface area (Å²) in [6.07, 6.45) is 0.411. The van der Waals surface area contributed by atoms with Crippen LogP contribution in [-0.4, -0.2) is 28.6 Å². The van der Waals surface area contributed by atoms with Crippen molar-refractivity contribution in [2.75, 3.05) is 16.8 Å². The average molecular weight is 372 g/mol. The number of amides is 2. The number of aromatic nitrogens is 2. The maximum Gasteiger partial charge on any atom is 0.231 e. The molecule has 1 fully saturated rings. The van der Waals surface area contributed by atoms with Crippen molar-refractivity contribution < 1.29 is 9.59 Å². The van der Waals surface area contributed by atoms with Crippen molar-refractivity contribution in [2.24, 2.45) is 5.41 Å². The van der Waals surface area contributed by atoms with E-state index in [9.17, 15) is 9.59 Å². The summed E-state index contributed by atoms with van der Waals surface area (Å²) in [6.45, 7) is 10.2. The van der Waals surface area contributed by atoms with E-state index in [4.69, 9.17) is 0 Å². The van der Waals surface area contributed by atoms with E-state index < -0.39 is 5.41 Å². The minimum atomic E-state index is -0.491. The first-order valence-corrected chi connectivity index (χ1v) is 9.49. The Morgan fingerprint density at radius 1 is 1.23 bits per heavy atom. The molecule has 0 saturated carbocycles. The summed E-state index contributed by atoms with van der Waals surface area (Å²) in [5, 5.41) is 12.3. The molecule has 26 heavy (non-hydrogen) atoms. The zero-order valence-corrected chi connectivity index (χ0v) is 16.6. The molecule has 0 unspecified atom stereocenters. The monoisotopic (exact) mass is 372 g/mol. The van der Waals surface area contributed by atoms with Crippen LogP contribution in [0.1, 0.15) is 49.2 Å². The van der Waals surface area contributed by atoms with Crippen LogP contribution in [0.5, 0.6) is 0 Å². The molecule has 0 bridgehead atoms. The minimum absolute atomic E-state index is 0.00176. The van der Waals surface area contributed by atoms with Crippen LogP contribution < -0.4 is 10.2 Å². The van der Waals surface area contributed by atoms with Crippen molar-refractivity contribution in [1.82, 2.24) is 10.2 Å². The fraction of sp³-hybridized carbons (Fsp3) is 0.474. The number of nitrogens with zero attached hydrogens (tertiary/aromatic N) is 3. The normalized spacial score (nSPS) is 17.7. The molecule has 138 valence electrons. The van der Waals surface area contributed by atoms with Gasteiger partial charge in [-0.25, -0.2) is 0 Å². The molecule has 2 amide bonds. The summed E-state index contributed by atoms with van der Waals surface area (Å²) in [6, 6.07) is 6.07. The highest BCUT2D eigenvalue weighted by Gasteiger charge is 2.34. The Balaban J connectivity index is 1.73. The van der Waals surface area contributed by atoms with Gasteiger partial charge in [0.2, 0.25) is 16.9 Å². The number of anilines is 2. The summed E-state index contributed by atoms with van der Waals surface area (Å²) in [5.41, 5.74) is 2.81. The maximum atomic E-state index is 12.5. The van der Waals surface area contributed by atoms with Gasteiger partial charge in [-0.1, -0.05) is 38.2 Å². The van der Waals surface area contributed by atoms with Crippen molar-refractivity contribution in [1.29, 1.82) is 0 Å². The van der Waals surface area contributed by atoms with Gasteiger partial charge >= 0.3 is 0 Å². The van der Waals surface area contributed by atoms with Gasteiger partial charge in [0.25, 0.3) is 0 Å². The first-order valence-electron chi connectivity index (χ1n) is 8.67. The highest BCUT2D eigenvalue weighted by atomic mass is 32.1. The summed E-state index contributed by atoms with van der Waals surface area (Å²) in [7, 11) is 0. The van der Waals surface area contributed by atoms with E-state index >= 15 is 0 Å². The van der Waals surface area contributed by atoms with Crippen LogP contribution in [-0.2, 0) is 9.59 Å². The first-order chi connectivity index (χ1) is 12.1. The number of carbonyl (C=O) groups is 2. The van der Waals surface area contributed by atoms with Gasteiger partial charge in [-0.2, -0.15) is 0 Å². The Labute approximate surface area is 157 Å². The molecular formula is C19H24N4O2S. The van der Waals surface area contributed by atoms with Gasteiger partial charge in [0.05, 0.1) is 0 Å². The van der Waals surface area contributed by atoms with E-state index in [-0.39, 0.29) is 17.7 Å². The topological polar surface area (TPSA) is 75.2 Å². The van der Waals surface area contributed by atoms with Crippen LogP contribution >= 0.6 is 11.3 Å². The van der Waals surface area contributed by atoms with Gasteiger partial charge in [-0.3, -0.25) is 9.59 Å². The van der Waals surface area contributed by atoms with Crippen molar-refractivity contribution in [3.63, 3.8) is 0 Å². The van der Waals surface area contributed by atoms with Gasteiger partial charge in [0, 0.05) is 30.0 Å². The fourth-order valence-electron chi connectivity index (χ4n) is 2.75. The molecule has 1 aromatic heterocycles. The predicted octanol–water partition coefficient (Wildman–Crippen LogP) is 3.66. The third-order valence-corrected chi connectivity index (χ3v) is 5.62.